The first kappa shape index (κ1) is 20.8. The molecule has 3 aromatic rings. The quantitative estimate of drug-likeness (QED) is 0.464. The second kappa shape index (κ2) is 8.60. The zero-order valence-electron chi connectivity index (χ0n) is 15.8. The van der Waals surface area contributed by atoms with Crippen LogP contribution in [0.5, 0.6) is 0 Å². The van der Waals surface area contributed by atoms with Crippen LogP contribution in [0.25, 0.3) is 0 Å². The van der Waals surface area contributed by atoms with Gasteiger partial charge in [-0.05, 0) is 38.1 Å². The molecule has 5 nitrogen and oxygen atoms in total. The highest BCUT2D eigenvalue weighted by molar-refractivity contribution is 7.13. The van der Waals surface area contributed by atoms with Gasteiger partial charge in [-0.25, -0.2) is 4.98 Å². The van der Waals surface area contributed by atoms with Crippen LogP contribution in [-0.4, -0.2) is 15.3 Å². The Bertz CT molecular complexity index is 1070. The van der Waals surface area contributed by atoms with Crippen molar-refractivity contribution in [2.75, 3.05) is 5.43 Å². The number of halogens is 3. The maximum Gasteiger partial charge on any atom is 0.421 e. The summed E-state index contributed by atoms with van der Waals surface area (Å²) in [4.78, 5) is 17.4. The lowest BCUT2D eigenvalue weighted by molar-refractivity contribution is -0.139. The Morgan fingerprint density at radius 2 is 1.93 bits per heavy atom. The molecular formula is C20H19F3N4OS. The summed E-state index contributed by atoms with van der Waals surface area (Å²) in [6.07, 6.45) is -2.95. The number of aryl methyl sites for hydroxylation is 3. The monoisotopic (exact) mass is 420 g/mol. The summed E-state index contributed by atoms with van der Waals surface area (Å²) < 4.78 is 39.7. The van der Waals surface area contributed by atoms with Crippen molar-refractivity contribution in [3.63, 3.8) is 0 Å². The molecule has 2 aromatic heterocycles. The minimum atomic E-state index is -4.66. The summed E-state index contributed by atoms with van der Waals surface area (Å²) >= 11 is 1.42. The number of alkyl halides is 3. The SMILES string of the molecule is CC(=NNc1ccccc1)c1sc(CCn2cccc(C(F)(F)F)c2=O)nc1C. The molecule has 1 N–H and O–H groups in total. The first-order valence-corrected chi connectivity index (χ1v) is 9.66. The summed E-state index contributed by atoms with van der Waals surface area (Å²) in [6, 6.07) is 11.5. The van der Waals surface area contributed by atoms with E-state index in [4.69, 9.17) is 0 Å². The first-order chi connectivity index (χ1) is 13.8. The largest absolute Gasteiger partial charge is 0.421 e. The number of thiazole rings is 1. The van der Waals surface area contributed by atoms with E-state index < -0.39 is 17.3 Å². The lowest BCUT2D eigenvalue weighted by Gasteiger charge is -2.09. The predicted octanol–water partition coefficient (Wildman–Crippen LogP) is 4.71. The molecule has 152 valence electrons. The smallest absolute Gasteiger partial charge is 0.315 e. The fourth-order valence-corrected chi connectivity index (χ4v) is 3.75. The van der Waals surface area contributed by atoms with Gasteiger partial charge in [0.05, 0.1) is 27.0 Å². The Morgan fingerprint density at radius 3 is 2.62 bits per heavy atom. The molecule has 0 fully saturated rings. The van der Waals surface area contributed by atoms with Gasteiger partial charge in [-0.3, -0.25) is 10.2 Å². The second-order valence-electron chi connectivity index (χ2n) is 6.37. The Morgan fingerprint density at radius 1 is 1.21 bits per heavy atom. The van der Waals surface area contributed by atoms with Gasteiger partial charge in [0, 0.05) is 19.2 Å². The average Bonchev–Trinajstić information content (AvgIpc) is 3.06. The van der Waals surface area contributed by atoms with Gasteiger partial charge in [0.1, 0.15) is 5.56 Å². The molecule has 0 atom stereocenters. The maximum absolute atomic E-state index is 12.9. The molecule has 0 radical (unpaired) electrons. The van der Waals surface area contributed by atoms with Gasteiger partial charge in [0.2, 0.25) is 0 Å². The van der Waals surface area contributed by atoms with Gasteiger partial charge in [0.25, 0.3) is 5.56 Å². The number of para-hydroxylation sites is 1. The van der Waals surface area contributed by atoms with Crippen LogP contribution in [0.2, 0.25) is 0 Å². The van der Waals surface area contributed by atoms with E-state index in [0.717, 1.165) is 37.6 Å². The van der Waals surface area contributed by atoms with Crippen molar-refractivity contribution < 1.29 is 13.2 Å². The molecule has 29 heavy (non-hydrogen) atoms. The van der Waals surface area contributed by atoms with Crippen LogP contribution >= 0.6 is 11.3 Å². The normalized spacial score (nSPS) is 12.2. The van der Waals surface area contributed by atoms with E-state index in [9.17, 15) is 18.0 Å². The third-order valence-electron chi connectivity index (χ3n) is 4.19. The summed E-state index contributed by atoms with van der Waals surface area (Å²) in [6.45, 7) is 3.83. The van der Waals surface area contributed by atoms with Crippen molar-refractivity contribution in [2.24, 2.45) is 5.10 Å². The Labute approximate surface area is 169 Å². The summed E-state index contributed by atoms with van der Waals surface area (Å²) in [7, 11) is 0. The lowest BCUT2D eigenvalue weighted by Crippen LogP contribution is -2.28. The molecule has 3 rings (SSSR count). The van der Waals surface area contributed by atoms with Gasteiger partial charge >= 0.3 is 6.18 Å². The van der Waals surface area contributed by atoms with E-state index in [-0.39, 0.29) is 6.54 Å². The Hall–Kier alpha value is -2.94. The third-order valence-corrected chi connectivity index (χ3v) is 5.51. The molecule has 2 heterocycles. The zero-order chi connectivity index (χ0) is 21.0. The van der Waals surface area contributed by atoms with E-state index in [1.165, 1.54) is 23.6 Å². The molecule has 1 aromatic carbocycles. The second-order valence-corrected chi connectivity index (χ2v) is 7.45. The molecular weight excluding hydrogens is 401 g/mol. The number of aromatic nitrogens is 2. The highest BCUT2D eigenvalue weighted by Crippen LogP contribution is 2.26. The number of nitrogens with zero attached hydrogens (tertiary/aromatic N) is 3. The van der Waals surface area contributed by atoms with Gasteiger partial charge in [-0.1, -0.05) is 18.2 Å². The molecule has 0 amide bonds. The average molecular weight is 420 g/mol. The Kier molecular flexibility index (Phi) is 6.17. The van der Waals surface area contributed by atoms with Gasteiger partial charge in [-0.15, -0.1) is 11.3 Å². The van der Waals surface area contributed by atoms with Crippen LogP contribution in [0.3, 0.4) is 0 Å². The number of rotatable bonds is 6. The van der Waals surface area contributed by atoms with E-state index >= 15 is 0 Å². The van der Waals surface area contributed by atoms with Crippen LogP contribution < -0.4 is 11.0 Å². The molecule has 0 spiro atoms. The number of hydrogen-bond donors (Lipinski definition) is 1. The highest BCUT2D eigenvalue weighted by atomic mass is 32.1. The standard InChI is InChI=1S/C20H19F3N4OS/c1-13-18(14(2)25-26-15-7-4-3-5-8-15)29-17(24-13)10-12-27-11-6-9-16(19(27)28)20(21,22)23/h3-9,11,26H,10,12H2,1-2H3. The molecule has 0 unspecified atom stereocenters. The lowest BCUT2D eigenvalue weighted by atomic mass is 10.2. The Balaban J connectivity index is 1.72. The van der Waals surface area contributed by atoms with Crippen molar-refractivity contribution in [2.45, 2.75) is 33.0 Å². The van der Waals surface area contributed by atoms with Gasteiger partial charge < -0.3 is 4.57 Å². The molecule has 0 bridgehead atoms. The van der Waals surface area contributed by atoms with Gasteiger partial charge in [-0.2, -0.15) is 18.3 Å². The van der Waals surface area contributed by atoms with E-state index in [2.05, 4.69) is 15.5 Å². The maximum atomic E-state index is 12.9. The van der Waals surface area contributed by atoms with Crippen LogP contribution in [-0.2, 0) is 19.1 Å². The van der Waals surface area contributed by atoms with Crippen LogP contribution in [0.4, 0.5) is 18.9 Å². The minimum Gasteiger partial charge on any atom is -0.315 e. The molecule has 0 aliphatic rings. The summed E-state index contributed by atoms with van der Waals surface area (Å²) in [5.74, 6) is 0. The van der Waals surface area contributed by atoms with Crippen molar-refractivity contribution in [1.29, 1.82) is 0 Å². The highest BCUT2D eigenvalue weighted by Gasteiger charge is 2.34. The number of anilines is 1. The summed E-state index contributed by atoms with van der Waals surface area (Å²) in [5.41, 5.74) is 3.18. The number of hydrazone groups is 1. The van der Waals surface area contributed by atoms with E-state index in [0.29, 0.717) is 6.42 Å². The molecule has 0 saturated carbocycles. The fraction of sp³-hybridized carbons (Fsp3) is 0.250. The number of pyridine rings is 1. The number of nitrogens with one attached hydrogen (secondary N) is 1. The van der Waals surface area contributed by atoms with Crippen LogP contribution in [0, 0.1) is 6.92 Å². The molecule has 0 saturated heterocycles. The molecule has 0 aliphatic heterocycles. The van der Waals surface area contributed by atoms with Crippen molar-refractivity contribution in [3.05, 3.63) is 80.2 Å². The number of hydrogen-bond acceptors (Lipinski definition) is 5. The van der Waals surface area contributed by atoms with Crippen LogP contribution in [0.1, 0.15) is 28.1 Å². The molecule has 9 heteroatoms. The first-order valence-electron chi connectivity index (χ1n) is 8.84. The van der Waals surface area contributed by atoms with Gasteiger partial charge in [0.15, 0.2) is 0 Å². The van der Waals surface area contributed by atoms with Crippen molar-refractivity contribution in [1.82, 2.24) is 9.55 Å². The van der Waals surface area contributed by atoms with Crippen LogP contribution in [0.15, 0.2) is 58.6 Å². The number of benzene rings is 1. The fourth-order valence-electron chi connectivity index (χ4n) is 2.75. The molecule has 0 aliphatic carbocycles. The van der Waals surface area contributed by atoms with E-state index in [1.54, 1.807) is 0 Å². The zero-order valence-corrected chi connectivity index (χ0v) is 16.6. The third kappa shape index (κ3) is 5.11. The van der Waals surface area contributed by atoms with E-state index in [1.807, 2.05) is 44.2 Å². The van der Waals surface area contributed by atoms with Crippen molar-refractivity contribution in [3.8, 4) is 0 Å². The van der Waals surface area contributed by atoms with Crippen molar-refractivity contribution >= 4 is 22.7 Å². The predicted molar refractivity (Wildman–Crippen MR) is 109 cm³/mol. The summed E-state index contributed by atoms with van der Waals surface area (Å²) in [5, 5.41) is 5.10. The topological polar surface area (TPSA) is 59.3 Å². The minimum absolute atomic E-state index is 0.119.